The monoisotopic (exact) mass is 322 g/mol. The number of benzene rings is 1. The maximum Gasteiger partial charge on any atom is 0.416 e. The second kappa shape index (κ2) is 5.04. The number of halogens is 3. The number of carbonyl (C=O) groups is 1. The summed E-state index contributed by atoms with van der Waals surface area (Å²) in [5.74, 6) is -0.550. The van der Waals surface area contributed by atoms with Gasteiger partial charge in [0.05, 0.1) is 22.5 Å². The maximum absolute atomic E-state index is 12.6. The average Bonchev–Trinajstić information content (AvgIpc) is 2.94. The summed E-state index contributed by atoms with van der Waals surface area (Å²) in [4.78, 5) is 16.6. The van der Waals surface area contributed by atoms with E-state index in [1.807, 2.05) is 0 Å². The molecule has 0 unspecified atom stereocenters. The first-order valence-electron chi connectivity index (χ1n) is 6.39. The van der Waals surface area contributed by atoms with Crippen molar-refractivity contribution in [2.75, 3.05) is 5.73 Å². The van der Waals surface area contributed by atoms with Gasteiger partial charge in [-0.15, -0.1) is 0 Å². The molecule has 3 aromatic rings. The summed E-state index contributed by atoms with van der Waals surface area (Å²) >= 11 is 0. The van der Waals surface area contributed by atoms with E-state index in [9.17, 15) is 18.0 Å². The summed E-state index contributed by atoms with van der Waals surface area (Å²) in [5.41, 5.74) is 5.78. The number of fused-ring (bicyclic) bond motifs is 1. The Morgan fingerprint density at radius 2 is 1.83 bits per heavy atom. The number of aryl methyl sites for hydroxylation is 1. The van der Waals surface area contributed by atoms with Gasteiger partial charge in [0.15, 0.2) is 11.3 Å². The van der Waals surface area contributed by atoms with Crippen molar-refractivity contribution in [3.8, 4) is 0 Å². The molecule has 3 rings (SSSR count). The van der Waals surface area contributed by atoms with Gasteiger partial charge in [-0.3, -0.25) is 4.79 Å². The largest absolute Gasteiger partial charge is 0.416 e. The topological polar surface area (TPSA) is 94.9 Å². The molecule has 1 aromatic carbocycles. The van der Waals surface area contributed by atoms with Crippen molar-refractivity contribution in [2.45, 2.75) is 13.1 Å². The van der Waals surface area contributed by atoms with Gasteiger partial charge in [-0.05, 0) is 29.4 Å². The number of alkyl halides is 3. The number of aromatic nitrogens is 3. The van der Waals surface area contributed by atoms with Crippen LogP contribution in [0.4, 0.5) is 18.9 Å². The summed E-state index contributed by atoms with van der Waals surface area (Å²) in [6, 6.07) is 3.86. The molecule has 0 spiro atoms. The Bertz CT molecular complexity index is 901. The predicted octanol–water partition coefficient (Wildman–Crippen LogP) is 2.76. The highest BCUT2D eigenvalue weighted by Gasteiger charge is 2.30. The second-order valence-electron chi connectivity index (χ2n) is 4.83. The molecule has 0 saturated carbocycles. The van der Waals surface area contributed by atoms with Gasteiger partial charge >= 0.3 is 6.18 Å². The van der Waals surface area contributed by atoms with Crippen LogP contribution in [0.1, 0.15) is 27.2 Å². The van der Waals surface area contributed by atoms with Crippen molar-refractivity contribution in [1.82, 2.24) is 15.3 Å². The molecule has 0 bridgehead atoms. The Kier molecular flexibility index (Phi) is 3.28. The van der Waals surface area contributed by atoms with Gasteiger partial charge in [0.2, 0.25) is 5.65 Å². The number of nitrogens with zero attached hydrogens (tertiary/aromatic N) is 3. The maximum atomic E-state index is 12.6. The minimum atomic E-state index is -4.47. The Morgan fingerprint density at radius 1 is 1.17 bits per heavy atom. The molecule has 23 heavy (non-hydrogen) atoms. The Morgan fingerprint density at radius 3 is 2.43 bits per heavy atom. The molecule has 0 amide bonds. The highest BCUT2D eigenvalue weighted by atomic mass is 19.4. The van der Waals surface area contributed by atoms with E-state index in [2.05, 4.69) is 19.9 Å². The van der Waals surface area contributed by atoms with Gasteiger partial charge in [0, 0.05) is 5.56 Å². The van der Waals surface area contributed by atoms with Gasteiger partial charge in [-0.1, -0.05) is 12.1 Å². The fourth-order valence-corrected chi connectivity index (χ4v) is 2.20. The van der Waals surface area contributed by atoms with Gasteiger partial charge in [-0.25, -0.2) is 9.61 Å². The number of hydrogen-bond donors (Lipinski definition) is 1. The van der Waals surface area contributed by atoms with Gasteiger partial charge < -0.3 is 5.73 Å². The van der Waals surface area contributed by atoms with Gasteiger partial charge in [0.25, 0.3) is 0 Å². The summed E-state index contributed by atoms with van der Waals surface area (Å²) in [7, 11) is 0. The Labute approximate surface area is 127 Å². The third kappa shape index (κ3) is 2.50. The molecule has 0 atom stereocenters. The molecule has 0 radical (unpaired) electrons. The quantitative estimate of drug-likeness (QED) is 0.729. The number of pyridine rings is 1. The van der Waals surface area contributed by atoms with Crippen LogP contribution in [-0.2, 0) is 6.18 Å². The van der Waals surface area contributed by atoms with Crippen molar-refractivity contribution in [3.05, 3.63) is 46.6 Å². The fraction of sp³-hybridized carbons (Fsp3) is 0.143. The van der Waals surface area contributed by atoms with Crippen LogP contribution in [0.15, 0.2) is 28.9 Å². The molecule has 2 N–H and O–H groups in total. The van der Waals surface area contributed by atoms with Gasteiger partial charge in [-0.2, -0.15) is 13.2 Å². The zero-order chi connectivity index (χ0) is 16.8. The van der Waals surface area contributed by atoms with Crippen molar-refractivity contribution in [1.29, 1.82) is 0 Å². The zero-order valence-electron chi connectivity index (χ0n) is 11.7. The van der Waals surface area contributed by atoms with Crippen LogP contribution >= 0.6 is 0 Å². The predicted molar refractivity (Wildman–Crippen MR) is 73.6 cm³/mol. The van der Waals surface area contributed by atoms with E-state index in [1.54, 1.807) is 6.92 Å². The third-order valence-electron chi connectivity index (χ3n) is 3.33. The third-order valence-corrected chi connectivity index (χ3v) is 3.33. The van der Waals surface area contributed by atoms with E-state index in [0.717, 1.165) is 24.3 Å². The van der Waals surface area contributed by atoms with Crippen LogP contribution in [0.2, 0.25) is 0 Å². The van der Waals surface area contributed by atoms with Crippen LogP contribution in [-0.4, -0.2) is 21.1 Å². The highest BCUT2D eigenvalue weighted by Crippen LogP contribution is 2.30. The molecule has 2 heterocycles. The number of nitrogen functional groups attached to an aromatic ring is 1. The van der Waals surface area contributed by atoms with Crippen molar-refractivity contribution in [2.24, 2.45) is 0 Å². The van der Waals surface area contributed by atoms with E-state index in [-0.39, 0.29) is 33.7 Å². The standard InChI is InChI=1S/C14H9F3N4O2/c1-6-9(10(18)11-13(19-6)21-23-20-11)12(22)7-2-4-8(5-3-7)14(15,16)17/h2-5H,18H2,1H3. The molecular weight excluding hydrogens is 313 g/mol. The molecule has 0 aliphatic heterocycles. The molecule has 6 nitrogen and oxygen atoms in total. The Balaban J connectivity index is 2.07. The number of carbonyl (C=O) groups excluding carboxylic acids is 1. The lowest BCUT2D eigenvalue weighted by atomic mass is 9.99. The number of rotatable bonds is 2. The van der Waals surface area contributed by atoms with Crippen LogP contribution < -0.4 is 5.73 Å². The van der Waals surface area contributed by atoms with Crippen LogP contribution in [0.5, 0.6) is 0 Å². The second-order valence-corrected chi connectivity index (χ2v) is 4.83. The fourth-order valence-electron chi connectivity index (χ4n) is 2.20. The van der Waals surface area contributed by atoms with E-state index in [4.69, 9.17) is 5.73 Å². The molecule has 0 saturated heterocycles. The average molecular weight is 322 g/mol. The van der Waals surface area contributed by atoms with E-state index in [1.165, 1.54) is 0 Å². The van der Waals surface area contributed by atoms with Crippen molar-refractivity contribution >= 4 is 22.6 Å². The van der Waals surface area contributed by atoms with Crippen LogP contribution in [0.3, 0.4) is 0 Å². The number of ketones is 1. The zero-order valence-corrected chi connectivity index (χ0v) is 11.7. The number of hydrogen-bond acceptors (Lipinski definition) is 6. The molecule has 0 aliphatic rings. The number of nitrogens with two attached hydrogens (primary N) is 1. The minimum absolute atomic E-state index is 0.0265. The van der Waals surface area contributed by atoms with E-state index >= 15 is 0 Å². The molecular formula is C14H9F3N4O2. The smallest absolute Gasteiger partial charge is 0.396 e. The number of anilines is 1. The highest BCUT2D eigenvalue weighted by molar-refractivity contribution is 6.15. The minimum Gasteiger partial charge on any atom is -0.396 e. The molecule has 0 aliphatic carbocycles. The molecule has 118 valence electrons. The van der Waals surface area contributed by atoms with Crippen LogP contribution in [0.25, 0.3) is 11.2 Å². The normalized spacial score (nSPS) is 11.8. The Hall–Kier alpha value is -2.97. The molecule has 9 heteroatoms. The first kappa shape index (κ1) is 14.9. The first-order valence-corrected chi connectivity index (χ1v) is 6.39. The SMILES string of the molecule is Cc1nc2nonc2c(N)c1C(=O)c1ccc(C(F)(F)F)cc1. The first-order chi connectivity index (χ1) is 10.8. The summed E-state index contributed by atoms with van der Waals surface area (Å²) in [6.07, 6.45) is -4.47. The summed E-state index contributed by atoms with van der Waals surface area (Å²) in [6.45, 7) is 1.54. The van der Waals surface area contributed by atoms with E-state index < -0.39 is 17.5 Å². The van der Waals surface area contributed by atoms with Crippen molar-refractivity contribution < 1.29 is 22.6 Å². The molecule has 0 fully saturated rings. The lowest BCUT2D eigenvalue weighted by Crippen LogP contribution is -2.11. The van der Waals surface area contributed by atoms with Gasteiger partial charge in [0.1, 0.15) is 0 Å². The molecule has 2 aromatic heterocycles. The van der Waals surface area contributed by atoms with Crippen LogP contribution in [0, 0.1) is 6.92 Å². The van der Waals surface area contributed by atoms with E-state index in [0.29, 0.717) is 0 Å². The summed E-state index contributed by atoms with van der Waals surface area (Å²) in [5, 5.41) is 7.11. The lowest BCUT2D eigenvalue weighted by molar-refractivity contribution is -0.137. The summed E-state index contributed by atoms with van der Waals surface area (Å²) < 4.78 is 42.2. The lowest BCUT2D eigenvalue weighted by Gasteiger charge is -2.09. The van der Waals surface area contributed by atoms with Crippen molar-refractivity contribution in [3.63, 3.8) is 0 Å².